The first-order valence-electron chi connectivity index (χ1n) is 5.69. The van der Waals surface area contributed by atoms with Gasteiger partial charge in [-0.2, -0.15) is 0 Å². The molecule has 0 aliphatic heterocycles. The molecule has 1 heterocycles. The van der Waals surface area contributed by atoms with Crippen LogP contribution in [0.4, 0.5) is 4.39 Å². The van der Waals surface area contributed by atoms with Gasteiger partial charge in [-0.25, -0.2) is 4.39 Å². The molecule has 0 amide bonds. The van der Waals surface area contributed by atoms with E-state index in [0.29, 0.717) is 6.54 Å². The maximum atomic E-state index is 12.8. The molecule has 2 aromatic rings. The molecular weight excluding hydrogens is 215 g/mol. The molecule has 1 aromatic carbocycles. The molecule has 3 heteroatoms. The van der Waals surface area contributed by atoms with Crippen LogP contribution in [0.25, 0.3) is 11.1 Å². The third-order valence-corrected chi connectivity index (χ3v) is 2.64. The lowest BCUT2D eigenvalue weighted by Gasteiger charge is -2.04. The van der Waals surface area contributed by atoms with E-state index in [1.165, 1.54) is 12.1 Å². The van der Waals surface area contributed by atoms with Crippen LogP contribution in [-0.2, 0) is 6.42 Å². The largest absolute Gasteiger partial charge is 0.330 e. The zero-order chi connectivity index (χ0) is 12.1. The SMILES string of the molecule is NCCCc1cncc(-c2ccc(F)cc2)c1. The third kappa shape index (κ3) is 3.11. The van der Waals surface area contributed by atoms with Gasteiger partial charge in [-0.3, -0.25) is 4.98 Å². The van der Waals surface area contributed by atoms with Gasteiger partial charge in [0.1, 0.15) is 5.82 Å². The van der Waals surface area contributed by atoms with Crippen molar-refractivity contribution < 1.29 is 4.39 Å². The van der Waals surface area contributed by atoms with Gasteiger partial charge in [0.15, 0.2) is 0 Å². The second kappa shape index (κ2) is 5.55. The highest BCUT2D eigenvalue weighted by atomic mass is 19.1. The summed E-state index contributed by atoms with van der Waals surface area (Å²) in [5, 5.41) is 0. The van der Waals surface area contributed by atoms with Gasteiger partial charge in [-0.1, -0.05) is 12.1 Å². The molecule has 17 heavy (non-hydrogen) atoms. The number of halogens is 1. The highest BCUT2D eigenvalue weighted by molar-refractivity contribution is 5.62. The number of hydrogen-bond donors (Lipinski definition) is 1. The second-order valence-electron chi connectivity index (χ2n) is 3.98. The highest BCUT2D eigenvalue weighted by Crippen LogP contribution is 2.20. The van der Waals surface area contributed by atoms with Gasteiger partial charge in [-0.15, -0.1) is 0 Å². The summed E-state index contributed by atoms with van der Waals surface area (Å²) in [7, 11) is 0. The first-order chi connectivity index (χ1) is 8.29. The van der Waals surface area contributed by atoms with Crippen molar-refractivity contribution in [2.75, 3.05) is 6.54 Å². The minimum absolute atomic E-state index is 0.221. The van der Waals surface area contributed by atoms with Crippen LogP contribution < -0.4 is 5.73 Å². The van der Waals surface area contributed by atoms with Gasteiger partial charge >= 0.3 is 0 Å². The smallest absolute Gasteiger partial charge is 0.123 e. The van der Waals surface area contributed by atoms with Crippen LogP contribution in [0.15, 0.2) is 42.7 Å². The number of aryl methyl sites for hydroxylation is 1. The average Bonchev–Trinajstić information content (AvgIpc) is 2.37. The standard InChI is InChI=1S/C14H15FN2/c15-14-5-3-12(4-6-14)13-8-11(2-1-7-16)9-17-10-13/h3-6,8-10H,1-2,7,16H2. The highest BCUT2D eigenvalue weighted by Gasteiger charge is 2.00. The molecule has 2 rings (SSSR count). The number of benzene rings is 1. The summed E-state index contributed by atoms with van der Waals surface area (Å²) in [6.07, 6.45) is 5.52. The Bertz CT molecular complexity index is 480. The van der Waals surface area contributed by atoms with Crippen molar-refractivity contribution in [3.05, 3.63) is 54.1 Å². The van der Waals surface area contributed by atoms with Crippen molar-refractivity contribution in [2.24, 2.45) is 5.73 Å². The quantitative estimate of drug-likeness (QED) is 0.877. The molecule has 2 N–H and O–H groups in total. The third-order valence-electron chi connectivity index (χ3n) is 2.64. The van der Waals surface area contributed by atoms with Crippen molar-refractivity contribution in [1.82, 2.24) is 4.98 Å². The van der Waals surface area contributed by atoms with E-state index in [0.717, 1.165) is 29.5 Å². The first-order valence-corrected chi connectivity index (χ1v) is 5.69. The molecule has 1 aromatic heterocycles. The second-order valence-corrected chi connectivity index (χ2v) is 3.98. The summed E-state index contributed by atoms with van der Waals surface area (Å²) in [6, 6.07) is 8.53. The van der Waals surface area contributed by atoms with Gasteiger partial charge < -0.3 is 5.73 Å². The normalized spacial score (nSPS) is 10.5. The molecule has 0 saturated heterocycles. The summed E-state index contributed by atoms with van der Waals surface area (Å²) in [4.78, 5) is 4.20. The van der Waals surface area contributed by atoms with Gasteiger partial charge in [0, 0.05) is 18.0 Å². The fourth-order valence-electron chi connectivity index (χ4n) is 1.73. The Kier molecular flexibility index (Phi) is 3.83. The lowest BCUT2D eigenvalue weighted by molar-refractivity contribution is 0.628. The number of pyridine rings is 1. The van der Waals surface area contributed by atoms with Gasteiger partial charge in [0.2, 0.25) is 0 Å². The van der Waals surface area contributed by atoms with Crippen molar-refractivity contribution in [3.8, 4) is 11.1 Å². The van der Waals surface area contributed by atoms with Crippen molar-refractivity contribution in [1.29, 1.82) is 0 Å². The van der Waals surface area contributed by atoms with E-state index in [9.17, 15) is 4.39 Å². The molecule has 0 unspecified atom stereocenters. The maximum absolute atomic E-state index is 12.8. The van der Waals surface area contributed by atoms with Crippen LogP contribution in [0.5, 0.6) is 0 Å². The van der Waals surface area contributed by atoms with Crippen LogP contribution in [-0.4, -0.2) is 11.5 Å². The summed E-state index contributed by atoms with van der Waals surface area (Å²) in [6.45, 7) is 0.681. The predicted octanol–water partition coefficient (Wildman–Crippen LogP) is 2.78. The number of aromatic nitrogens is 1. The van der Waals surface area contributed by atoms with E-state index in [2.05, 4.69) is 11.1 Å². The van der Waals surface area contributed by atoms with Gasteiger partial charge in [0.25, 0.3) is 0 Å². The molecule has 0 fully saturated rings. The average molecular weight is 230 g/mol. The Balaban J connectivity index is 2.23. The fourth-order valence-corrected chi connectivity index (χ4v) is 1.73. The molecule has 0 radical (unpaired) electrons. The summed E-state index contributed by atoms with van der Waals surface area (Å²) < 4.78 is 12.8. The molecule has 0 aliphatic rings. The van der Waals surface area contributed by atoms with Gasteiger partial charge in [-0.05, 0) is 48.7 Å². The lowest BCUT2D eigenvalue weighted by Crippen LogP contribution is -2.00. The Labute approximate surface area is 100 Å². The summed E-state index contributed by atoms with van der Waals surface area (Å²) >= 11 is 0. The van der Waals surface area contributed by atoms with E-state index >= 15 is 0 Å². The zero-order valence-corrected chi connectivity index (χ0v) is 9.57. The monoisotopic (exact) mass is 230 g/mol. The lowest BCUT2D eigenvalue weighted by atomic mass is 10.0. The molecule has 2 nitrogen and oxygen atoms in total. The predicted molar refractivity (Wildman–Crippen MR) is 67.0 cm³/mol. The fraction of sp³-hybridized carbons (Fsp3) is 0.214. The van der Waals surface area contributed by atoms with Crippen molar-refractivity contribution in [2.45, 2.75) is 12.8 Å². The molecule has 0 bridgehead atoms. The minimum atomic E-state index is -0.221. The van der Waals surface area contributed by atoms with E-state index < -0.39 is 0 Å². The minimum Gasteiger partial charge on any atom is -0.330 e. The van der Waals surface area contributed by atoms with Crippen LogP contribution in [0.2, 0.25) is 0 Å². The molecule has 0 aliphatic carbocycles. The molecular formula is C14H15FN2. The number of hydrogen-bond acceptors (Lipinski definition) is 2. The topological polar surface area (TPSA) is 38.9 Å². The van der Waals surface area contributed by atoms with E-state index in [4.69, 9.17) is 5.73 Å². The Morgan fingerprint density at radius 3 is 2.53 bits per heavy atom. The Morgan fingerprint density at radius 1 is 1.06 bits per heavy atom. The summed E-state index contributed by atoms with van der Waals surface area (Å²) in [5.74, 6) is -0.221. The van der Waals surface area contributed by atoms with Crippen LogP contribution in [0.3, 0.4) is 0 Å². The van der Waals surface area contributed by atoms with Crippen LogP contribution >= 0.6 is 0 Å². The van der Waals surface area contributed by atoms with Crippen LogP contribution in [0.1, 0.15) is 12.0 Å². The van der Waals surface area contributed by atoms with E-state index in [-0.39, 0.29) is 5.82 Å². The van der Waals surface area contributed by atoms with E-state index in [1.807, 2.05) is 6.20 Å². The molecule has 0 saturated carbocycles. The van der Waals surface area contributed by atoms with Crippen molar-refractivity contribution >= 4 is 0 Å². The maximum Gasteiger partial charge on any atom is 0.123 e. The number of rotatable bonds is 4. The molecule has 88 valence electrons. The summed E-state index contributed by atoms with van der Waals surface area (Å²) in [5.41, 5.74) is 8.64. The first kappa shape index (κ1) is 11.7. The molecule has 0 spiro atoms. The van der Waals surface area contributed by atoms with E-state index in [1.54, 1.807) is 18.3 Å². The number of nitrogens with zero attached hydrogens (tertiary/aromatic N) is 1. The van der Waals surface area contributed by atoms with Crippen LogP contribution in [0, 0.1) is 5.82 Å². The Hall–Kier alpha value is -1.74. The molecule has 0 atom stereocenters. The van der Waals surface area contributed by atoms with Gasteiger partial charge in [0.05, 0.1) is 0 Å². The number of nitrogens with two attached hydrogens (primary N) is 1. The van der Waals surface area contributed by atoms with Crippen molar-refractivity contribution in [3.63, 3.8) is 0 Å². The Morgan fingerprint density at radius 2 is 1.82 bits per heavy atom. The zero-order valence-electron chi connectivity index (χ0n) is 9.57.